The summed E-state index contributed by atoms with van der Waals surface area (Å²) in [6.07, 6.45) is 0. The number of benzene rings is 7. The molecule has 6 heteroatoms. The standard InChI is InChI=1S/C52H40N6/c1-52(2,3)41-31-28-35(29-32-41)45-34-40(30-33-44(45)51-57-48(38-22-12-6-13-23-38)54-49(58-51)39-24-14-7-15-25-39)42-26-16-17-27-43(42)50-55-46(36-18-8-4-9-19-36)53-47(56-50)37-20-10-5-11-21-37/h4-34H,1-3H3. The summed E-state index contributed by atoms with van der Waals surface area (Å²) in [5, 5.41) is 0. The second-order valence-corrected chi connectivity index (χ2v) is 15.2. The number of rotatable bonds is 8. The molecule has 6 nitrogen and oxygen atoms in total. The normalized spacial score (nSPS) is 11.4. The highest BCUT2D eigenvalue weighted by Gasteiger charge is 2.21. The van der Waals surface area contributed by atoms with Gasteiger partial charge in [-0.15, -0.1) is 0 Å². The molecule has 7 aromatic carbocycles. The third-order valence-corrected chi connectivity index (χ3v) is 10.2. The molecule has 0 saturated carbocycles. The summed E-state index contributed by atoms with van der Waals surface area (Å²) in [5.41, 5.74) is 10.8. The van der Waals surface area contributed by atoms with Gasteiger partial charge in [-0.05, 0) is 45.4 Å². The number of aromatic nitrogens is 6. The van der Waals surface area contributed by atoms with Crippen molar-refractivity contribution in [1.82, 2.24) is 29.9 Å². The van der Waals surface area contributed by atoms with Gasteiger partial charge in [-0.25, -0.2) is 29.9 Å². The van der Waals surface area contributed by atoms with Crippen molar-refractivity contribution in [2.45, 2.75) is 26.2 Å². The molecule has 0 atom stereocenters. The molecule has 0 aliphatic rings. The summed E-state index contributed by atoms with van der Waals surface area (Å²) in [7, 11) is 0. The smallest absolute Gasteiger partial charge is 0.164 e. The van der Waals surface area contributed by atoms with Crippen LogP contribution < -0.4 is 0 Å². The van der Waals surface area contributed by atoms with E-state index in [9.17, 15) is 0 Å². The highest BCUT2D eigenvalue weighted by Crippen LogP contribution is 2.39. The molecule has 0 N–H and O–H groups in total. The number of hydrogen-bond donors (Lipinski definition) is 0. The Hall–Kier alpha value is -7.44. The molecule has 0 fully saturated rings. The van der Waals surface area contributed by atoms with Crippen LogP contribution >= 0.6 is 0 Å². The summed E-state index contributed by atoms with van der Waals surface area (Å²) in [6, 6.07) is 64.0. The van der Waals surface area contributed by atoms with Gasteiger partial charge in [-0.1, -0.05) is 197 Å². The molecule has 0 aliphatic heterocycles. The third-order valence-electron chi connectivity index (χ3n) is 10.2. The molecule has 2 heterocycles. The Labute approximate surface area is 339 Å². The van der Waals surface area contributed by atoms with Crippen LogP contribution in [0.3, 0.4) is 0 Å². The Kier molecular flexibility index (Phi) is 9.74. The van der Waals surface area contributed by atoms with Crippen LogP contribution in [0.15, 0.2) is 188 Å². The van der Waals surface area contributed by atoms with E-state index in [2.05, 4.69) is 81.4 Å². The van der Waals surface area contributed by atoms with Gasteiger partial charge in [0.1, 0.15) is 0 Å². The van der Waals surface area contributed by atoms with Crippen LogP contribution in [0.25, 0.3) is 90.6 Å². The topological polar surface area (TPSA) is 77.3 Å². The molecule has 0 aliphatic carbocycles. The molecular weight excluding hydrogens is 709 g/mol. The van der Waals surface area contributed by atoms with Gasteiger partial charge in [0, 0.05) is 33.4 Å². The SMILES string of the molecule is CC(C)(C)c1ccc(-c2cc(-c3ccccc3-c3nc(-c4ccccc4)nc(-c4ccccc4)n3)ccc2-c2nc(-c3ccccc3)nc(-c3ccccc3)n2)cc1. The van der Waals surface area contributed by atoms with Crippen molar-refractivity contribution in [3.05, 3.63) is 194 Å². The molecule has 0 spiro atoms. The Balaban J connectivity index is 1.24. The summed E-state index contributed by atoms with van der Waals surface area (Å²) in [4.78, 5) is 30.4. The maximum absolute atomic E-state index is 5.14. The van der Waals surface area contributed by atoms with Crippen molar-refractivity contribution < 1.29 is 0 Å². The zero-order valence-corrected chi connectivity index (χ0v) is 32.6. The van der Waals surface area contributed by atoms with Crippen molar-refractivity contribution in [1.29, 1.82) is 0 Å². The van der Waals surface area contributed by atoms with Crippen LogP contribution in [-0.4, -0.2) is 29.9 Å². The van der Waals surface area contributed by atoms with Crippen LogP contribution in [0.5, 0.6) is 0 Å². The summed E-state index contributed by atoms with van der Waals surface area (Å²) < 4.78 is 0. The Morgan fingerprint density at radius 1 is 0.259 bits per heavy atom. The fraction of sp³-hybridized carbons (Fsp3) is 0.0769. The van der Waals surface area contributed by atoms with E-state index in [-0.39, 0.29) is 5.41 Å². The van der Waals surface area contributed by atoms with Gasteiger partial charge in [0.05, 0.1) is 0 Å². The van der Waals surface area contributed by atoms with Crippen LogP contribution in [0.2, 0.25) is 0 Å². The van der Waals surface area contributed by atoms with Crippen LogP contribution in [0, 0.1) is 0 Å². The molecule has 2 aromatic heterocycles. The molecular formula is C52H40N6. The summed E-state index contributed by atoms with van der Waals surface area (Å²) >= 11 is 0. The van der Waals surface area contributed by atoms with Gasteiger partial charge in [-0.2, -0.15) is 0 Å². The van der Waals surface area contributed by atoms with Gasteiger partial charge in [0.25, 0.3) is 0 Å². The van der Waals surface area contributed by atoms with Crippen molar-refractivity contribution in [3.8, 4) is 90.6 Å². The highest BCUT2D eigenvalue weighted by molar-refractivity contribution is 5.89. The maximum Gasteiger partial charge on any atom is 0.164 e. The van der Waals surface area contributed by atoms with Crippen LogP contribution in [0.4, 0.5) is 0 Å². The fourth-order valence-corrected chi connectivity index (χ4v) is 7.08. The van der Waals surface area contributed by atoms with Crippen molar-refractivity contribution in [2.75, 3.05) is 0 Å². The molecule has 9 rings (SSSR count). The van der Waals surface area contributed by atoms with E-state index >= 15 is 0 Å². The molecule has 0 bridgehead atoms. The van der Waals surface area contributed by atoms with Crippen LogP contribution in [0.1, 0.15) is 26.3 Å². The van der Waals surface area contributed by atoms with Gasteiger partial charge in [0.2, 0.25) is 0 Å². The summed E-state index contributed by atoms with van der Waals surface area (Å²) in [6.45, 7) is 6.71. The third kappa shape index (κ3) is 7.56. The molecule has 9 aromatic rings. The van der Waals surface area contributed by atoms with Crippen LogP contribution in [-0.2, 0) is 5.41 Å². The van der Waals surface area contributed by atoms with E-state index in [1.165, 1.54) is 5.56 Å². The first-order chi connectivity index (χ1) is 28.4. The first-order valence-corrected chi connectivity index (χ1v) is 19.5. The lowest BCUT2D eigenvalue weighted by molar-refractivity contribution is 0.590. The minimum Gasteiger partial charge on any atom is -0.208 e. The predicted octanol–water partition coefficient (Wildman–Crippen LogP) is 12.7. The monoisotopic (exact) mass is 748 g/mol. The highest BCUT2D eigenvalue weighted by atomic mass is 15.0. The Morgan fingerprint density at radius 2 is 0.586 bits per heavy atom. The lowest BCUT2D eigenvalue weighted by Crippen LogP contribution is -2.10. The Morgan fingerprint density at radius 3 is 0.983 bits per heavy atom. The van der Waals surface area contributed by atoms with Gasteiger partial charge < -0.3 is 0 Å². The lowest BCUT2D eigenvalue weighted by atomic mass is 9.85. The molecule has 278 valence electrons. The summed E-state index contributed by atoms with van der Waals surface area (Å²) in [5.74, 6) is 3.67. The van der Waals surface area contributed by atoms with Crippen molar-refractivity contribution in [2.24, 2.45) is 0 Å². The zero-order chi connectivity index (χ0) is 39.5. The van der Waals surface area contributed by atoms with Gasteiger partial charge >= 0.3 is 0 Å². The number of hydrogen-bond acceptors (Lipinski definition) is 6. The molecule has 58 heavy (non-hydrogen) atoms. The predicted molar refractivity (Wildman–Crippen MR) is 235 cm³/mol. The average molecular weight is 749 g/mol. The van der Waals surface area contributed by atoms with E-state index in [1.807, 2.05) is 127 Å². The minimum atomic E-state index is 0.00722. The van der Waals surface area contributed by atoms with E-state index in [0.29, 0.717) is 34.9 Å². The zero-order valence-electron chi connectivity index (χ0n) is 32.6. The molecule has 0 unspecified atom stereocenters. The van der Waals surface area contributed by atoms with E-state index in [0.717, 1.165) is 55.6 Å². The first kappa shape index (κ1) is 36.2. The first-order valence-electron chi connectivity index (χ1n) is 19.5. The number of nitrogens with zero attached hydrogens (tertiary/aromatic N) is 6. The average Bonchev–Trinajstić information content (AvgIpc) is 3.29. The van der Waals surface area contributed by atoms with Crippen molar-refractivity contribution >= 4 is 0 Å². The fourth-order valence-electron chi connectivity index (χ4n) is 7.08. The quantitative estimate of drug-likeness (QED) is 0.154. The van der Waals surface area contributed by atoms with Gasteiger partial charge in [0.15, 0.2) is 34.9 Å². The molecule has 0 saturated heterocycles. The molecule has 0 amide bonds. The van der Waals surface area contributed by atoms with Gasteiger partial charge in [-0.3, -0.25) is 0 Å². The van der Waals surface area contributed by atoms with Crippen molar-refractivity contribution in [3.63, 3.8) is 0 Å². The maximum atomic E-state index is 5.14. The Bertz CT molecular complexity index is 2720. The lowest BCUT2D eigenvalue weighted by Gasteiger charge is -2.20. The largest absolute Gasteiger partial charge is 0.208 e. The van der Waals surface area contributed by atoms with E-state index in [1.54, 1.807) is 0 Å². The second-order valence-electron chi connectivity index (χ2n) is 15.2. The van der Waals surface area contributed by atoms with E-state index < -0.39 is 0 Å². The molecule has 0 radical (unpaired) electrons. The minimum absolute atomic E-state index is 0.00722. The van der Waals surface area contributed by atoms with E-state index in [4.69, 9.17) is 29.9 Å². The second kappa shape index (κ2) is 15.6.